The van der Waals surface area contributed by atoms with Gasteiger partial charge in [0.2, 0.25) is 0 Å². The number of amides is 1. The van der Waals surface area contributed by atoms with Gasteiger partial charge in [-0.15, -0.1) is 0 Å². The molecule has 1 aromatic rings. The summed E-state index contributed by atoms with van der Waals surface area (Å²) in [5, 5.41) is 3.50. The van der Waals surface area contributed by atoms with Gasteiger partial charge in [0.05, 0.1) is 0 Å². The molecule has 1 aliphatic heterocycles. The van der Waals surface area contributed by atoms with Gasteiger partial charge in [-0.3, -0.25) is 4.99 Å². The number of hydrogen-bond acceptors (Lipinski definition) is 3. The molecular weight excluding hydrogens is 376 g/mol. The van der Waals surface area contributed by atoms with Gasteiger partial charge < -0.3 is 19.9 Å². The third-order valence-electron chi connectivity index (χ3n) is 5.74. The van der Waals surface area contributed by atoms with Crippen LogP contribution >= 0.6 is 0 Å². The lowest BCUT2D eigenvalue weighted by atomic mass is 10.0. The van der Waals surface area contributed by atoms with Crippen molar-refractivity contribution in [3.63, 3.8) is 0 Å². The number of rotatable bonds is 6. The van der Waals surface area contributed by atoms with E-state index in [-0.39, 0.29) is 12.1 Å². The molecule has 166 valence electrons. The molecule has 2 aliphatic rings. The Hall–Kier alpha value is -2.24. The fourth-order valence-electron chi connectivity index (χ4n) is 3.96. The maximum absolute atomic E-state index is 12.8. The van der Waals surface area contributed by atoms with Crippen molar-refractivity contribution in [2.24, 2.45) is 10.9 Å². The summed E-state index contributed by atoms with van der Waals surface area (Å²) in [5.74, 6) is 1.61. The van der Waals surface area contributed by atoms with E-state index in [2.05, 4.69) is 39.5 Å². The van der Waals surface area contributed by atoms with E-state index in [4.69, 9.17) is 4.74 Å². The van der Waals surface area contributed by atoms with Crippen molar-refractivity contribution < 1.29 is 9.53 Å². The summed E-state index contributed by atoms with van der Waals surface area (Å²) in [6.07, 6.45) is 5.19. The predicted molar refractivity (Wildman–Crippen MR) is 122 cm³/mol. The Balaban J connectivity index is 1.50. The molecule has 1 saturated heterocycles. The second-order valence-corrected chi connectivity index (χ2v) is 9.50. The fourth-order valence-corrected chi connectivity index (χ4v) is 3.96. The number of likely N-dealkylation sites (tertiary alicyclic amines) is 1. The molecule has 6 heteroatoms. The van der Waals surface area contributed by atoms with Crippen LogP contribution < -0.4 is 5.32 Å². The number of carbonyl (C=O) groups is 1. The zero-order valence-corrected chi connectivity index (χ0v) is 19.1. The van der Waals surface area contributed by atoms with Crippen molar-refractivity contribution in [2.45, 2.75) is 64.5 Å². The molecule has 0 spiro atoms. The van der Waals surface area contributed by atoms with E-state index < -0.39 is 5.60 Å². The van der Waals surface area contributed by atoms with E-state index in [0.29, 0.717) is 5.92 Å². The average Bonchev–Trinajstić information content (AvgIpc) is 3.53. The number of nitrogens with one attached hydrogen (secondary N) is 1. The average molecular weight is 415 g/mol. The highest BCUT2D eigenvalue weighted by Crippen LogP contribution is 2.32. The summed E-state index contributed by atoms with van der Waals surface area (Å²) in [6.45, 7) is 9.32. The number of guanidine groups is 1. The molecule has 1 aromatic carbocycles. The van der Waals surface area contributed by atoms with E-state index in [0.717, 1.165) is 51.4 Å². The number of piperidine rings is 1. The minimum absolute atomic E-state index is 0.154. The Morgan fingerprint density at radius 2 is 1.83 bits per heavy atom. The van der Waals surface area contributed by atoms with E-state index in [1.54, 1.807) is 0 Å². The third-order valence-corrected chi connectivity index (χ3v) is 5.74. The zero-order chi connectivity index (χ0) is 21.6. The first-order valence-electron chi connectivity index (χ1n) is 11.3. The molecule has 0 aromatic heterocycles. The van der Waals surface area contributed by atoms with Crippen molar-refractivity contribution in [1.29, 1.82) is 0 Å². The first kappa shape index (κ1) is 22.4. The summed E-state index contributed by atoms with van der Waals surface area (Å²) >= 11 is 0. The fraction of sp³-hybridized carbons (Fsp3) is 0.667. The molecule has 3 rings (SSSR count). The van der Waals surface area contributed by atoms with Gasteiger partial charge in [0.15, 0.2) is 5.96 Å². The first-order chi connectivity index (χ1) is 14.4. The van der Waals surface area contributed by atoms with Gasteiger partial charge in [-0.25, -0.2) is 4.79 Å². The Labute approximate surface area is 181 Å². The van der Waals surface area contributed by atoms with E-state index in [9.17, 15) is 4.79 Å². The van der Waals surface area contributed by atoms with E-state index >= 15 is 0 Å². The molecule has 1 N–H and O–H groups in total. The number of carbonyl (C=O) groups excluding carboxylic acids is 1. The van der Waals surface area contributed by atoms with Crippen molar-refractivity contribution in [3.8, 4) is 0 Å². The van der Waals surface area contributed by atoms with Gasteiger partial charge >= 0.3 is 6.09 Å². The lowest BCUT2D eigenvalue weighted by Crippen LogP contribution is -2.52. The van der Waals surface area contributed by atoms with Crippen LogP contribution in [0.2, 0.25) is 0 Å². The molecule has 30 heavy (non-hydrogen) atoms. The summed E-state index contributed by atoms with van der Waals surface area (Å²) in [6, 6.07) is 10.8. The molecule has 0 atom stereocenters. The molecule has 1 heterocycles. The van der Waals surface area contributed by atoms with Crippen molar-refractivity contribution in [1.82, 2.24) is 15.1 Å². The standard InChI is InChI=1S/C24H38N4O2/c1-24(2,3)30-23(29)28(18-20-10-11-20)21-13-16-27(17-14-21)22(25-4)26-15-12-19-8-6-5-7-9-19/h5-9,20-21H,10-18H2,1-4H3,(H,25,26). The molecule has 1 aliphatic carbocycles. The van der Waals surface area contributed by atoms with Crippen LogP contribution in [0.3, 0.4) is 0 Å². The lowest BCUT2D eigenvalue weighted by Gasteiger charge is -2.40. The smallest absolute Gasteiger partial charge is 0.410 e. The monoisotopic (exact) mass is 414 g/mol. The summed E-state index contributed by atoms with van der Waals surface area (Å²) in [7, 11) is 1.84. The molecule has 0 radical (unpaired) electrons. The Morgan fingerprint density at radius 3 is 2.40 bits per heavy atom. The van der Waals surface area contributed by atoms with Crippen LogP contribution in [-0.2, 0) is 11.2 Å². The van der Waals surface area contributed by atoms with Gasteiger partial charge in [-0.2, -0.15) is 0 Å². The predicted octanol–water partition coefficient (Wildman–Crippen LogP) is 3.92. The topological polar surface area (TPSA) is 57.2 Å². The van der Waals surface area contributed by atoms with Crippen LogP contribution in [0.25, 0.3) is 0 Å². The lowest BCUT2D eigenvalue weighted by molar-refractivity contribution is 0.00929. The molecular formula is C24H38N4O2. The zero-order valence-electron chi connectivity index (χ0n) is 19.1. The highest BCUT2D eigenvalue weighted by atomic mass is 16.6. The Morgan fingerprint density at radius 1 is 1.17 bits per heavy atom. The van der Waals surface area contributed by atoms with Crippen molar-refractivity contribution >= 4 is 12.1 Å². The SMILES string of the molecule is CN=C(NCCc1ccccc1)N1CCC(N(CC2CC2)C(=O)OC(C)(C)C)CC1. The van der Waals surface area contributed by atoms with E-state index in [1.165, 1.54) is 18.4 Å². The number of benzene rings is 1. The summed E-state index contributed by atoms with van der Waals surface area (Å²) in [4.78, 5) is 21.6. The van der Waals surface area contributed by atoms with Crippen LogP contribution in [0.5, 0.6) is 0 Å². The van der Waals surface area contributed by atoms with Crippen LogP contribution in [0.15, 0.2) is 35.3 Å². The maximum Gasteiger partial charge on any atom is 0.410 e. The van der Waals surface area contributed by atoms with Gasteiger partial charge in [0.25, 0.3) is 0 Å². The first-order valence-corrected chi connectivity index (χ1v) is 11.3. The van der Waals surface area contributed by atoms with E-state index in [1.807, 2.05) is 38.8 Å². The van der Waals surface area contributed by atoms with Crippen LogP contribution in [0.1, 0.15) is 52.0 Å². The number of ether oxygens (including phenoxy) is 1. The van der Waals surface area contributed by atoms with Gasteiger partial charge in [0.1, 0.15) is 5.60 Å². The van der Waals surface area contributed by atoms with Gasteiger partial charge in [-0.1, -0.05) is 30.3 Å². The normalized spacial score (nSPS) is 18.3. The number of hydrogen-bond donors (Lipinski definition) is 1. The van der Waals surface area contributed by atoms with Crippen LogP contribution in [0.4, 0.5) is 4.79 Å². The molecule has 6 nitrogen and oxygen atoms in total. The minimum Gasteiger partial charge on any atom is -0.444 e. The summed E-state index contributed by atoms with van der Waals surface area (Å²) < 4.78 is 5.71. The quantitative estimate of drug-likeness (QED) is 0.566. The highest BCUT2D eigenvalue weighted by molar-refractivity contribution is 5.80. The van der Waals surface area contributed by atoms with Crippen LogP contribution in [-0.4, -0.2) is 66.7 Å². The summed E-state index contributed by atoms with van der Waals surface area (Å²) in [5.41, 5.74) is 0.872. The van der Waals surface area contributed by atoms with Gasteiger partial charge in [-0.05, 0) is 64.4 Å². The molecule has 1 amide bonds. The molecule has 0 bridgehead atoms. The number of aliphatic imine (C=N–C) groups is 1. The third kappa shape index (κ3) is 6.92. The molecule has 0 unspecified atom stereocenters. The highest BCUT2D eigenvalue weighted by Gasteiger charge is 2.35. The largest absolute Gasteiger partial charge is 0.444 e. The minimum atomic E-state index is -0.454. The Kier molecular flexibility index (Phi) is 7.62. The Bertz CT molecular complexity index is 702. The second kappa shape index (κ2) is 10.2. The van der Waals surface area contributed by atoms with Crippen molar-refractivity contribution in [3.05, 3.63) is 35.9 Å². The van der Waals surface area contributed by atoms with Gasteiger partial charge in [0, 0.05) is 39.3 Å². The molecule has 2 fully saturated rings. The second-order valence-electron chi connectivity index (χ2n) is 9.50. The van der Waals surface area contributed by atoms with Crippen LogP contribution in [0, 0.1) is 5.92 Å². The maximum atomic E-state index is 12.8. The van der Waals surface area contributed by atoms with Crippen molar-refractivity contribution in [2.75, 3.05) is 33.2 Å². The number of nitrogens with zero attached hydrogens (tertiary/aromatic N) is 3. The molecule has 1 saturated carbocycles.